The van der Waals surface area contributed by atoms with Crippen molar-refractivity contribution in [2.24, 2.45) is 11.8 Å². The average Bonchev–Trinajstić information content (AvgIpc) is 3.01. The van der Waals surface area contributed by atoms with Crippen molar-refractivity contribution < 1.29 is 21.7 Å². The van der Waals surface area contributed by atoms with E-state index in [1.807, 2.05) is 11.8 Å². The second kappa shape index (κ2) is 8.00. The van der Waals surface area contributed by atoms with Crippen LogP contribution < -0.4 is 0 Å². The van der Waals surface area contributed by atoms with Gasteiger partial charge in [-0.1, -0.05) is 37.5 Å². The Morgan fingerprint density at radius 3 is 0.941 bits per heavy atom. The summed E-state index contributed by atoms with van der Waals surface area (Å²) in [5.74, 6) is 6.00. The summed E-state index contributed by atoms with van der Waals surface area (Å²) in [7, 11) is 0. The molecule has 0 aromatic heterocycles. The van der Waals surface area contributed by atoms with Crippen molar-refractivity contribution in [2.45, 2.75) is 64.2 Å². The van der Waals surface area contributed by atoms with Crippen LogP contribution in [-0.2, 0) is 21.7 Å². The molecule has 0 aromatic rings. The van der Waals surface area contributed by atoms with Gasteiger partial charge in [0, 0.05) is 0 Å². The molecule has 0 amide bonds. The van der Waals surface area contributed by atoms with Crippen molar-refractivity contribution in [3.63, 3.8) is 0 Å². The van der Waals surface area contributed by atoms with Crippen LogP contribution in [0.3, 0.4) is 0 Å². The first-order chi connectivity index (χ1) is 6.90. The van der Waals surface area contributed by atoms with Gasteiger partial charge < -0.3 is 26.7 Å². The van der Waals surface area contributed by atoms with Crippen molar-refractivity contribution in [2.75, 3.05) is 0 Å². The summed E-state index contributed by atoms with van der Waals surface area (Å²) >= 11 is 0. The van der Waals surface area contributed by atoms with Gasteiger partial charge in [0.05, 0.1) is 0 Å². The molecule has 0 radical (unpaired) electrons. The molecule has 4 saturated carbocycles. The van der Waals surface area contributed by atoms with Crippen LogP contribution in [0.15, 0.2) is 0 Å². The van der Waals surface area contributed by atoms with E-state index in [0.29, 0.717) is 0 Å². The van der Waals surface area contributed by atoms with Crippen molar-refractivity contribution in [3.05, 3.63) is 26.7 Å². The van der Waals surface area contributed by atoms with Crippen LogP contribution >= 0.6 is 0 Å². The van der Waals surface area contributed by atoms with Crippen LogP contribution in [0, 0.1) is 38.5 Å². The maximum atomic E-state index is 1.87. The van der Waals surface area contributed by atoms with Gasteiger partial charge in [0.15, 0.2) is 0 Å². The minimum atomic E-state index is 0. The summed E-state index contributed by atoms with van der Waals surface area (Å²) in [6, 6.07) is 0. The molecular weight excluding hydrogens is 240 g/mol. The third-order valence-electron chi connectivity index (χ3n) is 4.78. The summed E-state index contributed by atoms with van der Waals surface area (Å²) in [6.45, 7) is 0. The molecule has 0 unspecified atom stereocenters. The zero-order valence-corrected chi connectivity index (χ0v) is 13.3. The van der Waals surface area contributed by atoms with Crippen molar-refractivity contribution in [1.29, 1.82) is 0 Å². The zero-order valence-electron chi connectivity index (χ0n) is 11.7. The molecule has 4 fully saturated rings. The van der Waals surface area contributed by atoms with Gasteiger partial charge in [0.1, 0.15) is 0 Å². The third-order valence-corrected chi connectivity index (χ3v) is 4.78. The molecule has 0 N–H and O–H groups in total. The Labute approximate surface area is 124 Å². The first kappa shape index (κ1) is 17.7. The molecule has 17 heavy (non-hydrogen) atoms. The van der Waals surface area contributed by atoms with Gasteiger partial charge in [-0.05, 0) is 0 Å². The second-order valence-electron chi connectivity index (χ2n) is 5.79. The van der Waals surface area contributed by atoms with E-state index in [0.717, 1.165) is 11.8 Å². The average molecular weight is 268 g/mol. The van der Waals surface area contributed by atoms with E-state index in [2.05, 4.69) is 0 Å². The molecule has 4 rings (SSSR count). The summed E-state index contributed by atoms with van der Waals surface area (Å²) in [5, 5.41) is 0. The van der Waals surface area contributed by atoms with E-state index in [4.69, 9.17) is 0 Å². The van der Waals surface area contributed by atoms with E-state index in [1.165, 1.54) is 64.2 Å². The smallest absolute Gasteiger partial charge is 0.358 e. The SMILES string of the molecule is C1CC2CC[C-]1C2.C1CC2CC[C-]1C2.[CH3-].[CH3-].[Ti+4]. The minimum Gasteiger partial charge on any atom is -0.358 e. The molecule has 0 nitrogen and oxygen atoms in total. The second-order valence-corrected chi connectivity index (χ2v) is 5.79. The topological polar surface area (TPSA) is 0 Å². The number of fused-ring (bicyclic) bond motifs is 4. The zero-order chi connectivity index (χ0) is 9.38. The van der Waals surface area contributed by atoms with E-state index in [1.54, 1.807) is 0 Å². The fourth-order valence-electron chi connectivity index (χ4n) is 3.80. The Hall–Kier alpha value is 0.714. The van der Waals surface area contributed by atoms with E-state index in [9.17, 15) is 0 Å². The predicted octanol–water partition coefficient (Wildman–Crippen LogP) is 5.21. The molecule has 0 atom stereocenters. The molecule has 0 spiro atoms. The Morgan fingerprint density at radius 1 is 0.588 bits per heavy atom. The standard InChI is InChI=1S/2C7H11.2CH3.Ti/c2*1-2-7-4-3-6(1)5-7;;;/h2*6H,1-5H2;2*1H3;/q4*-1;+4. The molecule has 0 heterocycles. The maximum absolute atomic E-state index is 1.87. The summed E-state index contributed by atoms with van der Waals surface area (Å²) < 4.78 is 0. The van der Waals surface area contributed by atoms with Gasteiger partial charge in [0.2, 0.25) is 0 Å². The van der Waals surface area contributed by atoms with E-state index >= 15 is 0 Å². The molecule has 4 aliphatic carbocycles. The Bertz CT molecular complexity index is 144. The largest absolute Gasteiger partial charge is 4.00 e. The number of hydrogen-bond donors (Lipinski definition) is 0. The summed E-state index contributed by atoms with van der Waals surface area (Å²) in [5.41, 5.74) is 0. The Kier molecular flexibility index (Phi) is 8.34. The first-order valence-electron chi connectivity index (χ1n) is 6.57. The minimum absolute atomic E-state index is 0. The van der Waals surface area contributed by atoms with Crippen molar-refractivity contribution in [3.8, 4) is 0 Å². The van der Waals surface area contributed by atoms with E-state index < -0.39 is 0 Å². The molecule has 96 valence electrons. The molecule has 4 aliphatic rings. The Morgan fingerprint density at radius 2 is 0.882 bits per heavy atom. The number of hydrogen-bond acceptors (Lipinski definition) is 0. The quantitative estimate of drug-likeness (QED) is 0.418. The summed E-state index contributed by atoms with van der Waals surface area (Å²) in [4.78, 5) is 0. The van der Waals surface area contributed by atoms with Crippen LogP contribution in [0.5, 0.6) is 0 Å². The van der Waals surface area contributed by atoms with Crippen LogP contribution in [-0.4, -0.2) is 0 Å². The molecule has 4 bridgehead atoms. The van der Waals surface area contributed by atoms with Gasteiger partial charge in [-0.2, -0.15) is 38.5 Å². The normalized spacial score (nSPS) is 26.8. The first-order valence-corrected chi connectivity index (χ1v) is 6.57. The summed E-state index contributed by atoms with van der Waals surface area (Å²) in [6.07, 6.45) is 15.0. The van der Waals surface area contributed by atoms with Crippen LogP contribution in [0.2, 0.25) is 0 Å². The van der Waals surface area contributed by atoms with Crippen molar-refractivity contribution in [1.82, 2.24) is 0 Å². The van der Waals surface area contributed by atoms with Gasteiger partial charge in [0.25, 0.3) is 0 Å². The fraction of sp³-hybridized carbons (Fsp3) is 0.750. The van der Waals surface area contributed by atoms with E-state index in [-0.39, 0.29) is 36.6 Å². The van der Waals surface area contributed by atoms with Crippen LogP contribution in [0.25, 0.3) is 0 Å². The Balaban J connectivity index is 0.000000256. The third kappa shape index (κ3) is 4.39. The molecular formula is C16H28Ti. The van der Waals surface area contributed by atoms with Crippen molar-refractivity contribution >= 4 is 0 Å². The molecule has 1 heteroatoms. The van der Waals surface area contributed by atoms with Gasteiger partial charge >= 0.3 is 21.7 Å². The van der Waals surface area contributed by atoms with Gasteiger partial charge in [-0.3, -0.25) is 0 Å². The predicted molar refractivity (Wildman–Crippen MR) is 72.5 cm³/mol. The molecule has 0 saturated heterocycles. The molecule has 0 aliphatic heterocycles. The number of rotatable bonds is 0. The fourth-order valence-corrected chi connectivity index (χ4v) is 3.80. The maximum Gasteiger partial charge on any atom is 4.00 e. The molecule has 0 aromatic carbocycles. The van der Waals surface area contributed by atoms with Gasteiger partial charge in [-0.25, -0.2) is 0 Å². The monoisotopic (exact) mass is 268 g/mol. The van der Waals surface area contributed by atoms with Crippen LogP contribution in [0.4, 0.5) is 0 Å². The van der Waals surface area contributed by atoms with Crippen LogP contribution in [0.1, 0.15) is 64.2 Å². The van der Waals surface area contributed by atoms with Gasteiger partial charge in [-0.15, -0.1) is 0 Å².